The number of thioether (sulfide) groups is 1. The molecular weight excluding hydrogens is 404 g/mol. The van der Waals surface area contributed by atoms with Crippen LogP contribution in [0.2, 0.25) is 0 Å². The normalized spacial score (nSPS) is 11.5. The number of nitrogens with zero attached hydrogens (tertiary/aromatic N) is 3. The summed E-state index contributed by atoms with van der Waals surface area (Å²) in [5.41, 5.74) is 3.94. The molecule has 0 spiro atoms. The van der Waals surface area contributed by atoms with E-state index in [1.54, 1.807) is 32.1 Å². The fraction of sp³-hybridized carbons (Fsp3) is 0.238. The van der Waals surface area contributed by atoms with Crippen LogP contribution in [0.3, 0.4) is 0 Å². The highest BCUT2D eigenvalue weighted by atomic mass is 32.2. The highest BCUT2D eigenvalue weighted by Crippen LogP contribution is 2.29. The lowest BCUT2D eigenvalue weighted by Gasteiger charge is -2.10. The summed E-state index contributed by atoms with van der Waals surface area (Å²) in [4.78, 5) is 27.9. The molecule has 0 radical (unpaired) electrons. The first-order valence-electron chi connectivity index (χ1n) is 9.28. The quantitative estimate of drug-likeness (QED) is 0.335. The van der Waals surface area contributed by atoms with Gasteiger partial charge in [0, 0.05) is 17.1 Å². The maximum Gasteiger partial charge on any atom is 0.342 e. The number of aromatic amines is 1. The molecule has 0 unspecified atom stereocenters. The molecule has 0 aliphatic heterocycles. The van der Waals surface area contributed by atoms with Crippen molar-refractivity contribution in [2.45, 2.75) is 32.9 Å². The number of aryl methyl sites for hydroxylation is 2. The summed E-state index contributed by atoms with van der Waals surface area (Å²) in [5, 5.41) is 16.7. The van der Waals surface area contributed by atoms with Crippen LogP contribution in [0.4, 0.5) is 0 Å². The van der Waals surface area contributed by atoms with Crippen molar-refractivity contribution in [3.05, 3.63) is 63.6 Å². The molecule has 8 nitrogen and oxygen atoms in total. The first-order chi connectivity index (χ1) is 14.3. The number of ether oxygens (including phenoxy) is 1. The fourth-order valence-electron chi connectivity index (χ4n) is 3.03. The number of carbonyl (C=O) groups is 2. The van der Waals surface area contributed by atoms with Crippen molar-refractivity contribution in [2.24, 2.45) is 0 Å². The standard InChI is InChI=1S/C21H22N4O4S/c1-5-29-20(28)15-6-8-17(9-7-15)25-12(2)10-16(13(25)3)11-18(19(26)27)30-21-22-14(4)23-24-21/h6-11H,5H2,1-4H3,(H,26,27)(H,22,23,24)/b18-11-. The van der Waals surface area contributed by atoms with Crippen molar-refractivity contribution >= 4 is 29.8 Å². The van der Waals surface area contributed by atoms with Gasteiger partial charge in [-0.3, -0.25) is 5.10 Å². The second-order valence-electron chi connectivity index (χ2n) is 6.55. The Morgan fingerprint density at radius 2 is 1.93 bits per heavy atom. The van der Waals surface area contributed by atoms with E-state index < -0.39 is 5.97 Å². The van der Waals surface area contributed by atoms with Gasteiger partial charge in [0.2, 0.25) is 5.16 Å². The molecule has 1 aromatic carbocycles. The van der Waals surface area contributed by atoms with Gasteiger partial charge in [0.1, 0.15) is 10.7 Å². The number of aromatic nitrogens is 4. The number of carbonyl (C=O) groups excluding carboxylic acids is 1. The van der Waals surface area contributed by atoms with Crippen molar-refractivity contribution in [1.29, 1.82) is 0 Å². The van der Waals surface area contributed by atoms with Crippen LogP contribution in [-0.4, -0.2) is 43.4 Å². The minimum Gasteiger partial charge on any atom is -0.477 e. The molecule has 2 N–H and O–H groups in total. The smallest absolute Gasteiger partial charge is 0.342 e. The molecule has 0 atom stereocenters. The second-order valence-corrected chi connectivity index (χ2v) is 7.56. The zero-order chi connectivity index (χ0) is 21.8. The molecule has 2 heterocycles. The van der Waals surface area contributed by atoms with Crippen molar-refractivity contribution < 1.29 is 19.4 Å². The van der Waals surface area contributed by atoms with E-state index in [9.17, 15) is 14.7 Å². The Morgan fingerprint density at radius 1 is 1.23 bits per heavy atom. The van der Waals surface area contributed by atoms with E-state index in [1.165, 1.54) is 0 Å². The number of rotatable bonds is 7. The lowest BCUT2D eigenvalue weighted by molar-refractivity contribution is -0.131. The molecule has 0 saturated heterocycles. The monoisotopic (exact) mass is 426 g/mol. The molecule has 0 bridgehead atoms. The Kier molecular flexibility index (Phi) is 6.41. The number of hydrogen-bond acceptors (Lipinski definition) is 6. The van der Waals surface area contributed by atoms with Gasteiger partial charge in [-0.2, -0.15) is 0 Å². The number of benzene rings is 1. The summed E-state index contributed by atoms with van der Waals surface area (Å²) in [7, 11) is 0. The minimum absolute atomic E-state index is 0.118. The third kappa shape index (κ3) is 4.62. The number of nitrogens with one attached hydrogen (secondary N) is 1. The molecule has 0 amide bonds. The molecule has 0 aliphatic carbocycles. The number of carboxylic acids is 1. The molecule has 30 heavy (non-hydrogen) atoms. The molecular formula is C21H22N4O4S. The molecule has 156 valence electrons. The minimum atomic E-state index is -1.05. The Labute approximate surface area is 178 Å². The Bertz CT molecular complexity index is 1110. The number of carboxylic acid groups (broad SMARTS) is 1. The van der Waals surface area contributed by atoms with Gasteiger partial charge in [-0.25, -0.2) is 14.6 Å². The van der Waals surface area contributed by atoms with E-state index in [1.807, 2.05) is 36.6 Å². The third-order valence-corrected chi connectivity index (χ3v) is 5.26. The van der Waals surface area contributed by atoms with Crippen LogP contribution in [0.5, 0.6) is 0 Å². The maximum atomic E-state index is 11.9. The molecule has 3 rings (SSSR count). The number of aliphatic carboxylic acids is 1. The predicted molar refractivity (Wildman–Crippen MR) is 114 cm³/mol. The zero-order valence-electron chi connectivity index (χ0n) is 17.1. The van der Waals surface area contributed by atoms with E-state index in [4.69, 9.17) is 4.74 Å². The molecule has 2 aromatic heterocycles. The van der Waals surface area contributed by atoms with E-state index in [2.05, 4.69) is 15.2 Å². The Morgan fingerprint density at radius 3 is 2.50 bits per heavy atom. The van der Waals surface area contributed by atoms with Gasteiger partial charge in [-0.15, -0.1) is 5.10 Å². The topological polar surface area (TPSA) is 110 Å². The van der Waals surface area contributed by atoms with E-state index in [0.29, 0.717) is 23.2 Å². The zero-order valence-corrected chi connectivity index (χ0v) is 17.9. The first kappa shape index (κ1) is 21.4. The molecule has 9 heteroatoms. The van der Waals surface area contributed by atoms with E-state index >= 15 is 0 Å². The Hall–Kier alpha value is -3.33. The SMILES string of the molecule is CCOC(=O)c1ccc(-n2c(C)cc(/C=C(\Sc3n[nH]c(C)n3)C(=O)O)c2C)cc1. The number of esters is 1. The second kappa shape index (κ2) is 9.00. The average molecular weight is 426 g/mol. The van der Waals surface area contributed by atoms with Crippen molar-refractivity contribution in [1.82, 2.24) is 19.7 Å². The van der Waals surface area contributed by atoms with Gasteiger partial charge in [-0.05, 0) is 81.4 Å². The van der Waals surface area contributed by atoms with Crippen molar-refractivity contribution in [2.75, 3.05) is 6.61 Å². The van der Waals surface area contributed by atoms with Gasteiger partial charge in [-0.1, -0.05) is 0 Å². The predicted octanol–water partition coefficient (Wildman–Crippen LogP) is 3.92. The van der Waals surface area contributed by atoms with Gasteiger partial charge in [0.15, 0.2) is 0 Å². The fourth-order valence-corrected chi connectivity index (χ4v) is 3.78. The largest absolute Gasteiger partial charge is 0.477 e. The van der Waals surface area contributed by atoms with E-state index in [0.717, 1.165) is 34.4 Å². The summed E-state index contributed by atoms with van der Waals surface area (Å²) in [5.74, 6) is -0.795. The van der Waals surface area contributed by atoms with Gasteiger partial charge >= 0.3 is 11.9 Å². The van der Waals surface area contributed by atoms with Crippen LogP contribution in [0.25, 0.3) is 11.8 Å². The maximum absolute atomic E-state index is 11.9. The third-order valence-electron chi connectivity index (χ3n) is 4.38. The highest BCUT2D eigenvalue weighted by Gasteiger charge is 2.16. The molecule has 3 aromatic rings. The molecule has 0 aliphatic rings. The Balaban J connectivity index is 1.93. The van der Waals surface area contributed by atoms with Crippen LogP contribution in [-0.2, 0) is 9.53 Å². The lowest BCUT2D eigenvalue weighted by atomic mass is 10.2. The first-order valence-corrected chi connectivity index (χ1v) is 10.1. The summed E-state index contributed by atoms with van der Waals surface area (Å²) >= 11 is 0.989. The van der Waals surface area contributed by atoms with Crippen LogP contribution in [0.1, 0.15) is 40.1 Å². The summed E-state index contributed by atoms with van der Waals surface area (Å²) in [6.07, 6.45) is 1.62. The highest BCUT2D eigenvalue weighted by molar-refractivity contribution is 8.04. The van der Waals surface area contributed by atoms with Gasteiger partial charge < -0.3 is 14.4 Å². The number of hydrogen-bond donors (Lipinski definition) is 2. The van der Waals surface area contributed by atoms with Gasteiger partial charge in [0.25, 0.3) is 0 Å². The van der Waals surface area contributed by atoms with Gasteiger partial charge in [0.05, 0.1) is 12.2 Å². The van der Waals surface area contributed by atoms with Crippen LogP contribution in [0.15, 0.2) is 40.4 Å². The van der Waals surface area contributed by atoms with Crippen LogP contribution >= 0.6 is 11.8 Å². The molecule has 0 saturated carbocycles. The lowest BCUT2D eigenvalue weighted by Crippen LogP contribution is -2.05. The van der Waals surface area contributed by atoms with E-state index in [-0.39, 0.29) is 10.9 Å². The molecule has 0 fully saturated rings. The summed E-state index contributed by atoms with van der Waals surface area (Å²) in [6.45, 7) is 7.70. The average Bonchev–Trinajstić information content (AvgIpc) is 3.23. The van der Waals surface area contributed by atoms with Crippen LogP contribution < -0.4 is 0 Å². The van der Waals surface area contributed by atoms with Crippen LogP contribution in [0, 0.1) is 20.8 Å². The van der Waals surface area contributed by atoms with Crippen molar-refractivity contribution in [3.8, 4) is 5.69 Å². The summed E-state index contributed by atoms with van der Waals surface area (Å²) < 4.78 is 7.02. The summed E-state index contributed by atoms with van der Waals surface area (Å²) in [6, 6.07) is 9.02. The number of H-pyrrole nitrogens is 1. The van der Waals surface area contributed by atoms with Crippen molar-refractivity contribution in [3.63, 3.8) is 0 Å².